The standard InChI is InChI=1S/C12H27NO4/c1-12(11-15-4)17-8-6-13(2)5-7-16-10-9-14-3/h12H,5-11H2,1-4H3. The third-order valence-corrected chi connectivity index (χ3v) is 2.33. The van der Waals surface area contributed by atoms with Crippen LogP contribution in [0, 0.1) is 0 Å². The first-order valence-electron chi connectivity index (χ1n) is 6.06. The fraction of sp³-hybridized carbons (Fsp3) is 1.00. The smallest absolute Gasteiger partial charge is 0.0780 e. The average Bonchev–Trinajstić information content (AvgIpc) is 2.29. The number of hydrogen-bond acceptors (Lipinski definition) is 5. The minimum atomic E-state index is 0.159. The number of nitrogens with zero attached hydrogens (tertiary/aromatic N) is 1. The van der Waals surface area contributed by atoms with Gasteiger partial charge in [-0.2, -0.15) is 0 Å². The number of ether oxygens (including phenoxy) is 4. The van der Waals surface area contributed by atoms with Gasteiger partial charge in [-0.1, -0.05) is 0 Å². The van der Waals surface area contributed by atoms with Gasteiger partial charge in [0, 0.05) is 27.3 Å². The van der Waals surface area contributed by atoms with Gasteiger partial charge in [-0.3, -0.25) is 0 Å². The van der Waals surface area contributed by atoms with Gasteiger partial charge in [-0.05, 0) is 14.0 Å². The molecule has 17 heavy (non-hydrogen) atoms. The fourth-order valence-electron chi connectivity index (χ4n) is 1.27. The summed E-state index contributed by atoms with van der Waals surface area (Å²) in [6.45, 7) is 7.23. The Labute approximate surface area is 105 Å². The van der Waals surface area contributed by atoms with Gasteiger partial charge in [0.15, 0.2) is 0 Å². The molecule has 5 heteroatoms. The maximum Gasteiger partial charge on any atom is 0.0780 e. The predicted molar refractivity (Wildman–Crippen MR) is 67.5 cm³/mol. The van der Waals surface area contributed by atoms with Crippen molar-refractivity contribution in [1.82, 2.24) is 4.90 Å². The molecule has 0 N–H and O–H groups in total. The minimum Gasteiger partial charge on any atom is -0.382 e. The van der Waals surface area contributed by atoms with Crippen LogP contribution in [0.3, 0.4) is 0 Å². The molecular formula is C12H27NO4. The molecule has 5 nitrogen and oxygen atoms in total. The van der Waals surface area contributed by atoms with E-state index < -0.39 is 0 Å². The summed E-state index contributed by atoms with van der Waals surface area (Å²) in [4.78, 5) is 2.19. The van der Waals surface area contributed by atoms with Crippen LogP contribution in [-0.2, 0) is 18.9 Å². The van der Waals surface area contributed by atoms with Crippen molar-refractivity contribution in [3.8, 4) is 0 Å². The lowest BCUT2D eigenvalue weighted by Crippen LogP contribution is -2.29. The van der Waals surface area contributed by atoms with Crippen LogP contribution in [0.15, 0.2) is 0 Å². The summed E-state index contributed by atoms with van der Waals surface area (Å²) in [5, 5.41) is 0. The number of hydrogen-bond donors (Lipinski definition) is 0. The minimum absolute atomic E-state index is 0.159. The zero-order valence-corrected chi connectivity index (χ0v) is 11.6. The molecule has 1 atom stereocenters. The summed E-state index contributed by atoms with van der Waals surface area (Å²) in [6, 6.07) is 0. The van der Waals surface area contributed by atoms with Gasteiger partial charge in [0.2, 0.25) is 0 Å². The van der Waals surface area contributed by atoms with Crippen LogP contribution in [0.25, 0.3) is 0 Å². The highest BCUT2D eigenvalue weighted by Gasteiger charge is 2.02. The van der Waals surface area contributed by atoms with E-state index in [0.717, 1.165) is 26.3 Å². The van der Waals surface area contributed by atoms with E-state index in [1.807, 2.05) is 6.92 Å². The molecule has 0 radical (unpaired) electrons. The average molecular weight is 249 g/mol. The Hall–Kier alpha value is -0.200. The molecule has 0 aliphatic rings. The highest BCUT2D eigenvalue weighted by molar-refractivity contribution is 4.52. The Kier molecular flexibility index (Phi) is 12.1. The molecule has 0 saturated heterocycles. The van der Waals surface area contributed by atoms with Crippen molar-refractivity contribution in [2.75, 3.05) is 67.4 Å². The molecule has 0 aliphatic heterocycles. The van der Waals surface area contributed by atoms with E-state index >= 15 is 0 Å². The van der Waals surface area contributed by atoms with Crippen LogP contribution >= 0.6 is 0 Å². The van der Waals surface area contributed by atoms with E-state index in [2.05, 4.69) is 11.9 Å². The number of rotatable bonds is 12. The monoisotopic (exact) mass is 249 g/mol. The molecule has 0 spiro atoms. The lowest BCUT2D eigenvalue weighted by Gasteiger charge is -2.18. The second-order valence-electron chi connectivity index (χ2n) is 4.05. The van der Waals surface area contributed by atoms with E-state index in [1.54, 1.807) is 14.2 Å². The first-order chi connectivity index (χ1) is 8.20. The van der Waals surface area contributed by atoms with Gasteiger partial charge in [-0.25, -0.2) is 0 Å². The van der Waals surface area contributed by atoms with Crippen LogP contribution in [0.1, 0.15) is 6.92 Å². The Bertz CT molecular complexity index is 157. The highest BCUT2D eigenvalue weighted by atomic mass is 16.5. The van der Waals surface area contributed by atoms with E-state index in [4.69, 9.17) is 18.9 Å². The maximum atomic E-state index is 5.57. The third-order valence-electron chi connectivity index (χ3n) is 2.33. The number of methoxy groups -OCH3 is 2. The summed E-state index contributed by atoms with van der Waals surface area (Å²) < 4.78 is 20.8. The first-order valence-corrected chi connectivity index (χ1v) is 6.06. The first kappa shape index (κ1) is 16.8. The number of likely N-dealkylation sites (N-methyl/N-ethyl adjacent to an activating group) is 1. The van der Waals surface area contributed by atoms with E-state index in [-0.39, 0.29) is 6.10 Å². The Morgan fingerprint density at radius 2 is 1.65 bits per heavy atom. The normalized spacial score (nSPS) is 13.2. The molecule has 0 bridgehead atoms. The molecule has 0 aromatic heterocycles. The molecule has 0 heterocycles. The quantitative estimate of drug-likeness (QED) is 0.475. The van der Waals surface area contributed by atoms with Gasteiger partial charge < -0.3 is 23.8 Å². The molecule has 0 rings (SSSR count). The van der Waals surface area contributed by atoms with Gasteiger partial charge >= 0.3 is 0 Å². The van der Waals surface area contributed by atoms with Crippen molar-refractivity contribution in [3.63, 3.8) is 0 Å². The SMILES string of the molecule is COCCOCCN(C)CCOC(C)COC. The topological polar surface area (TPSA) is 40.2 Å². The Morgan fingerprint density at radius 1 is 0.941 bits per heavy atom. The third kappa shape index (κ3) is 12.1. The highest BCUT2D eigenvalue weighted by Crippen LogP contribution is 1.92. The van der Waals surface area contributed by atoms with E-state index in [0.29, 0.717) is 19.8 Å². The second-order valence-corrected chi connectivity index (χ2v) is 4.05. The summed E-state index contributed by atoms with van der Waals surface area (Å²) in [7, 11) is 5.42. The summed E-state index contributed by atoms with van der Waals surface area (Å²) >= 11 is 0. The van der Waals surface area contributed by atoms with Crippen LogP contribution in [0.5, 0.6) is 0 Å². The van der Waals surface area contributed by atoms with Crippen molar-refractivity contribution in [2.45, 2.75) is 13.0 Å². The lowest BCUT2D eigenvalue weighted by atomic mass is 10.4. The predicted octanol–water partition coefficient (Wildman–Crippen LogP) is 0.633. The maximum absolute atomic E-state index is 5.57. The van der Waals surface area contributed by atoms with Gasteiger partial charge in [0.1, 0.15) is 0 Å². The molecular weight excluding hydrogens is 222 g/mol. The molecule has 0 fully saturated rings. The van der Waals surface area contributed by atoms with E-state index in [9.17, 15) is 0 Å². The van der Waals surface area contributed by atoms with Crippen LogP contribution in [0.4, 0.5) is 0 Å². The molecule has 0 aromatic carbocycles. The zero-order chi connectivity index (χ0) is 12.9. The van der Waals surface area contributed by atoms with Crippen LogP contribution in [-0.4, -0.2) is 78.4 Å². The van der Waals surface area contributed by atoms with Gasteiger partial charge in [0.25, 0.3) is 0 Å². The summed E-state index contributed by atoms with van der Waals surface area (Å²) in [5.74, 6) is 0. The van der Waals surface area contributed by atoms with Crippen molar-refractivity contribution in [1.29, 1.82) is 0 Å². The van der Waals surface area contributed by atoms with Crippen molar-refractivity contribution in [3.05, 3.63) is 0 Å². The van der Waals surface area contributed by atoms with Crippen LogP contribution < -0.4 is 0 Å². The van der Waals surface area contributed by atoms with Gasteiger partial charge in [-0.15, -0.1) is 0 Å². The Balaban J connectivity index is 3.25. The lowest BCUT2D eigenvalue weighted by molar-refractivity contribution is -0.000697. The zero-order valence-electron chi connectivity index (χ0n) is 11.6. The van der Waals surface area contributed by atoms with Crippen molar-refractivity contribution >= 4 is 0 Å². The fourth-order valence-corrected chi connectivity index (χ4v) is 1.27. The molecule has 0 aliphatic carbocycles. The molecule has 0 saturated carbocycles. The second kappa shape index (κ2) is 12.3. The molecule has 1 unspecified atom stereocenters. The largest absolute Gasteiger partial charge is 0.382 e. The molecule has 0 aromatic rings. The summed E-state index contributed by atoms with van der Waals surface area (Å²) in [5.41, 5.74) is 0. The van der Waals surface area contributed by atoms with Crippen LogP contribution in [0.2, 0.25) is 0 Å². The Morgan fingerprint density at radius 3 is 2.29 bits per heavy atom. The molecule has 0 amide bonds. The molecule has 104 valence electrons. The van der Waals surface area contributed by atoms with Crippen molar-refractivity contribution < 1.29 is 18.9 Å². The van der Waals surface area contributed by atoms with Gasteiger partial charge in [0.05, 0.1) is 39.1 Å². The van der Waals surface area contributed by atoms with E-state index in [1.165, 1.54) is 0 Å². The van der Waals surface area contributed by atoms with Crippen molar-refractivity contribution in [2.24, 2.45) is 0 Å². The summed E-state index contributed by atoms with van der Waals surface area (Å²) in [6.07, 6.45) is 0.159.